The van der Waals surface area contributed by atoms with Crippen LogP contribution in [0.3, 0.4) is 0 Å². The molecule has 11 nitrogen and oxygen atoms in total. The normalized spacial score (nSPS) is 17.8. The molecule has 33 heavy (non-hydrogen) atoms. The number of nitrogens with zero attached hydrogens (tertiary/aromatic N) is 3. The Morgan fingerprint density at radius 3 is 2.67 bits per heavy atom. The van der Waals surface area contributed by atoms with Crippen LogP contribution in [0.4, 0.5) is 15.3 Å². The number of hydrogen-bond acceptors (Lipinski definition) is 7. The van der Waals surface area contributed by atoms with Crippen molar-refractivity contribution in [2.75, 3.05) is 11.4 Å². The molecule has 2 atom stereocenters. The lowest BCUT2D eigenvalue weighted by Gasteiger charge is -2.39. The van der Waals surface area contributed by atoms with E-state index in [0.717, 1.165) is 0 Å². The summed E-state index contributed by atoms with van der Waals surface area (Å²) >= 11 is 0. The SMILES string of the molecule is CC(=O)N1c2ccc(-c3noc(CCNC(=O)OC(C)(C)C)n3)cc2[C@H](NC(=O)O)C[C@@H]1C. The van der Waals surface area contributed by atoms with Crippen LogP contribution in [0.2, 0.25) is 0 Å². The topological polar surface area (TPSA) is 147 Å². The van der Waals surface area contributed by atoms with E-state index in [2.05, 4.69) is 20.8 Å². The van der Waals surface area contributed by atoms with Crippen molar-refractivity contribution in [2.45, 2.75) is 65.1 Å². The predicted octanol–water partition coefficient (Wildman–Crippen LogP) is 3.26. The molecule has 0 bridgehead atoms. The van der Waals surface area contributed by atoms with Crippen LogP contribution in [0.25, 0.3) is 11.4 Å². The average molecular weight is 460 g/mol. The van der Waals surface area contributed by atoms with Crippen LogP contribution < -0.4 is 15.5 Å². The highest BCUT2D eigenvalue weighted by atomic mass is 16.6. The third-order valence-corrected chi connectivity index (χ3v) is 5.05. The summed E-state index contributed by atoms with van der Waals surface area (Å²) in [4.78, 5) is 41.3. The van der Waals surface area contributed by atoms with Gasteiger partial charge in [-0.2, -0.15) is 4.98 Å². The van der Waals surface area contributed by atoms with Crippen LogP contribution in [0, 0.1) is 0 Å². The zero-order valence-electron chi connectivity index (χ0n) is 19.3. The number of aromatic nitrogens is 2. The van der Waals surface area contributed by atoms with Gasteiger partial charge in [-0.25, -0.2) is 9.59 Å². The van der Waals surface area contributed by atoms with E-state index in [0.29, 0.717) is 41.4 Å². The van der Waals surface area contributed by atoms with Gasteiger partial charge in [0.15, 0.2) is 0 Å². The van der Waals surface area contributed by atoms with Crippen LogP contribution in [0.5, 0.6) is 0 Å². The molecule has 3 amide bonds. The van der Waals surface area contributed by atoms with Gasteiger partial charge in [-0.05, 0) is 57.9 Å². The Morgan fingerprint density at radius 1 is 1.30 bits per heavy atom. The van der Waals surface area contributed by atoms with Gasteiger partial charge in [-0.15, -0.1) is 0 Å². The van der Waals surface area contributed by atoms with Gasteiger partial charge in [-0.1, -0.05) is 5.16 Å². The molecule has 3 rings (SSSR count). The number of hydrogen-bond donors (Lipinski definition) is 3. The monoisotopic (exact) mass is 459 g/mol. The highest BCUT2D eigenvalue weighted by Gasteiger charge is 2.33. The van der Waals surface area contributed by atoms with Gasteiger partial charge in [0.25, 0.3) is 0 Å². The molecule has 0 spiro atoms. The quantitative estimate of drug-likeness (QED) is 0.617. The van der Waals surface area contributed by atoms with Crippen LogP contribution in [-0.2, 0) is 16.0 Å². The van der Waals surface area contributed by atoms with Gasteiger partial charge in [0.05, 0.1) is 6.04 Å². The van der Waals surface area contributed by atoms with E-state index in [1.807, 2.05) is 6.92 Å². The lowest BCUT2D eigenvalue weighted by Crippen LogP contribution is -2.45. The molecule has 11 heteroatoms. The first-order valence-corrected chi connectivity index (χ1v) is 10.7. The summed E-state index contributed by atoms with van der Waals surface area (Å²) in [5.74, 6) is 0.537. The van der Waals surface area contributed by atoms with E-state index < -0.39 is 23.8 Å². The van der Waals surface area contributed by atoms with Crippen molar-refractivity contribution in [1.29, 1.82) is 0 Å². The number of alkyl carbamates (subject to hydrolysis) is 1. The van der Waals surface area contributed by atoms with Crippen molar-refractivity contribution in [3.63, 3.8) is 0 Å². The minimum Gasteiger partial charge on any atom is -0.465 e. The second-order valence-corrected chi connectivity index (χ2v) is 8.94. The molecule has 3 N–H and O–H groups in total. The summed E-state index contributed by atoms with van der Waals surface area (Å²) in [6, 6.07) is 4.65. The molecule has 1 aromatic heterocycles. The molecule has 1 aliphatic heterocycles. The van der Waals surface area contributed by atoms with Crippen LogP contribution in [-0.4, -0.2) is 51.5 Å². The highest BCUT2D eigenvalue weighted by molar-refractivity contribution is 5.94. The molecular formula is C22H29N5O6. The van der Waals surface area contributed by atoms with Crippen molar-refractivity contribution in [3.05, 3.63) is 29.7 Å². The zero-order valence-corrected chi connectivity index (χ0v) is 19.3. The van der Waals surface area contributed by atoms with E-state index >= 15 is 0 Å². The molecule has 0 saturated heterocycles. The number of anilines is 1. The standard InChI is InChI=1S/C22H29N5O6/c1-12-10-16(24-20(29)30)15-11-14(6-7-17(15)27(12)13(2)28)19-25-18(33-26-19)8-9-23-21(31)32-22(3,4)5/h6-7,11-12,16,24H,8-10H2,1-5H3,(H,23,31)(H,29,30)/t12-,16+/m0/s1. The van der Waals surface area contributed by atoms with Crippen molar-refractivity contribution in [3.8, 4) is 11.4 Å². The smallest absolute Gasteiger partial charge is 0.407 e. The number of fused-ring (bicyclic) bond motifs is 1. The fourth-order valence-electron chi connectivity index (χ4n) is 3.83. The van der Waals surface area contributed by atoms with E-state index in [1.54, 1.807) is 43.9 Å². The third kappa shape index (κ3) is 5.99. The van der Waals surface area contributed by atoms with Gasteiger partial charge < -0.3 is 29.9 Å². The molecule has 2 heterocycles. The van der Waals surface area contributed by atoms with Gasteiger partial charge in [0.1, 0.15) is 5.60 Å². The van der Waals surface area contributed by atoms with Crippen LogP contribution in [0.1, 0.15) is 58.5 Å². The molecule has 0 saturated carbocycles. The first-order valence-electron chi connectivity index (χ1n) is 10.7. The number of carbonyl (C=O) groups is 3. The van der Waals surface area contributed by atoms with Gasteiger partial charge in [-0.3, -0.25) is 4.79 Å². The fourth-order valence-corrected chi connectivity index (χ4v) is 3.83. The van der Waals surface area contributed by atoms with Crippen molar-refractivity contribution < 1.29 is 28.8 Å². The maximum absolute atomic E-state index is 12.2. The Bertz CT molecular complexity index is 1040. The second-order valence-electron chi connectivity index (χ2n) is 8.94. The number of rotatable bonds is 5. The Kier molecular flexibility index (Phi) is 6.89. The summed E-state index contributed by atoms with van der Waals surface area (Å²) in [7, 11) is 0. The van der Waals surface area contributed by atoms with Gasteiger partial charge >= 0.3 is 12.2 Å². The zero-order chi connectivity index (χ0) is 24.3. The summed E-state index contributed by atoms with van der Waals surface area (Å²) in [5.41, 5.74) is 1.35. The Labute approximate surface area is 191 Å². The van der Waals surface area contributed by atoms with E-state index in [4.69, 9.17) is 9.26 Å². The van der Waals surface area contributed by atoms with E-state index in [9.17, 15) is 19.5 Å². The first-order chi connectivity index (χ1) is 15.4. The maximum atomic E-state index is 12.2. The predicted molar refractivity (Wildman–Crippen MR) is 119 cm³/mol. The maximum Gasteiger partial charge on any atom is 0.407 e. The molecule has 0 aliphatic carbocycles. The number of ether oxygens (including phenoxy) is 1. The summed E-state index contributed by atoms with van der Waals surface area (Å²) in [6.07, 6.45) is -0.913. The van der Waals surface area contributed by atoms with Crippen molar-refractivity contribution >= 4 is 23.8 Å². The Morgan fingerprint density at radius 2 is 2.03 bits per heavy atom. The van der Waals surface area contributed by atoms with E-state index in [1.165, 1.54) is 6.92 Å². The largest absolute Gasteiger partial charge is 0.465 e. The third-order valence-electron chi connectivity index (χ3n) is 5.05. The summed E-state index contributed by atoms with van der Waals surface area (Å²) < 4.78 is 10.5. The van der Waals surface area contributed by atoms with E-state index in [-0.39, 0.29) is 18.5 Å². The molecule has 2 aromatic rings. The molecule has 1 aromatic carbocycles. The molecule has 178 valence electrons. The van der Waals surface area contributed by atoms with Crippen LogP contribution in [0.15, 0.2) is 22.7 Å². The average Bonchev–Trinajstić information content (AvgIpc) is 3.14. The highest BCUT2D eigenvalue weighted by Crippen LogP contribution is 2.39. The second kappa shape index (κ2) is 9.47. The molecule has 0 radical (unpaired) electrons. The lowest BCUT2D eigenvalue weighted by atomic mass is 9.90. The summed E-state index contributed by atoms with van der Waals surface area (Å²) in [5, 5.41) is 18.4. The minimum atomic E-state index is -1.14. The molecule has 1 aliphatic rings. The van der Waals surface area contributed by atoms with Crippen LogP contribution >= 0.6 is 0 Å². The number of carboxylic acid groups (broad SMARTS) is 1. The molecular weight excluding hydrogens is 430 g/mol. The Balaban J connectivity index is 1.77. The Hall–Kier alpha value is -3.63. The first kappa shape index (κ1) is 24.0. The van der Waals surface area contributed by atoms with Gasteiger partial charge in [0, 0.05) is 37.2 Å². The lowest BCUT2D eigenvalue weighted by molar-refractivity contribution is -0.117. The molecule has 0 unspecified atom stereocenters. The minimum absolute atomic E-state index is 0.121. The van der Waals surface area contributed by atoms with Crippen molar-refractivity contribution in [2.24, 2.45) is 0 Å². The number of carbonyl (C=O) groups excluding carboxylic acids is 2. The summed E-state index contributed by atoms with van der Waals surface area (Å²) in [6.45, 7) is 8.96. The fraction of sp³-hybridized carbons (Fsp3) is 0.500. The number of amides is 3. The number of nitrogens with one attached hydrogen (secondary N) is 2. The van der Waals surface area contributed by atoms with Crippen molar-refractivity contribution in [1.82, 2.24) is 20.8 Å². The van der Waals surface area contributed by atoms with Gasteiger partial charge in [0.2, 0.25) is 17.6 Å². The number of benzene rings is 1. The molecule has 0 fully saturated rings.